The Kier molecular flexibility index (Phi) is 4.78. The zero-order chi connectivity index (χ0) is 12.8. The largest absolute Gasteiger partial charge is 0.493 e. The highest BCUT2D eigenvalue weighted by Crippen LogP contribution is 2.30. The summed E-state index contributed by atoms with van der Waals surface area (Å²) in [6.45, 7) is 1.91. The van der Waals surface area contributed by atoms with Crippen LogP contribution in [0.15, 0.2) is 18.2 Å². The van der Waals surface area contributed by atoms with Crippen LogP contribution in [0.3, 0.4) is 0 Å². The smallest absolute Gasteiger partial charge is 0.339 e. The molecule has 94 valence electrons. The monoisotopic (exact) mass is 240 g/mol. The van der Waals surface area contributed by atoms with Crippen molar-refractivity contribution in [1.82, 2.24) is 0 Å². The summed E-state index contributed by atoms with van der Waals surface area (Å²) in [5.74, 6) is 0.306. The molecule has 0 bridgehead atoms. The molecule has 0 heterocycles. The second kappa shape index (κ2) is 6.10. The third-order valence-corrected chi connectivity index (χ3v) is 2.23. The number of carbonyl (C=O) groups is 1. The first-order valence-corrected chi connectivity index (χ1v) is 5.20. The fourth-order valence-electron chi connectivity index (χ4n) is 1.38. The molecule has 0 aromatic heterocycles. The molecule has 17 heavy (non-hydrogen) atoms. The molecule has 0 radical (unpaired) electrons. The number of hydrogen-bond donors (Lipinski definition) is 1. The van der Waals surface area contributed by atoms with Gasteiger partial charge in [0.25, 0.3) is 0 Å². The molecule has 0 saturated carbocycles. The van der Waals surface area contributed by atoms with Crippen molar-refractivity contribution < 1.29 is 24.1 Å². The maximum absolute atomic E-state index is 11.4. The van der Waals surface area contributed by atoms with Crippen LogP contribution in [-0.4, -0.2) is 31.9 Å². The molecule has 1 atom stereocenters. The SMILES string of the molecule is CCOC(=O)C(O)c1ccc(OC)c(OC)c1. The van der Waals surface area contributed by atoms with Crippen molar-refractivity contribution in [2.45, 2.75) is 13.0 Å². The Morgan fingerprint density at radius 2 is 1.94 bits per heavy atom. The van der Waals surface area contributed by atoms with E-state index in [1.807, 2.05) is 0 Å². The quantitative estimate of drug-likeness (QED) is 0.786. The number of hydrogen-bond acceptors (Lipinski definition) is 5. The van der Waals surface area contributed by atoms with Gasteiger partial charge in [0.05, 0.1) is 20.8 Å². The first-order chi connectivity index (χ1) is 8.13. The lowest BCUT2D eigenvalue weighted by atomic mass is 10.1. The highest BCUT2D eigenvalue weighted by molar-refractivity contribution is 5.76. The number of carbonyl (C=O) groups excluding carboxylic acids is 1. The van der Waals surface area contributed by atoms with Crippen LogP contribution in [0.25, 0.3) is 0 Å². The Balaban J connectivity index is 2.95. The standard InChI is InChI=1S/C12H16O5/c1-4-17-12(14)11(13)8-5-6-9(15-2)10(7-8)16-3/h5-7,11,13H,4H2,1-3H3. The van der Waals surface area contributed by atoms with Crippen molar-refractivity contribution in [2.24, 2.45) is 0 Å². The van der Waals surface area contributed by atoms with E-state index >= 15 is 0 Å². The first kappa shape index (κ1) is 13.3. The van der Waals surface area contributed by atoms with Gasteiger partial charge in [0.2, 0.25) is 0 Å². The average Bonchev–Trinajstić information content (AvgIpc) is 2.37. The Hall–Kier alpha value is -1.75. The van der Waals surface area contributed by atoms with Crippen molar-refractivity contribution in [3.63, 3.8) is 0 Å². The summed E-state index contributed by atoms with van der Waals surface area (Å²) in [7, 11) is 3.00. The van der Waals surface area contributed by atoms with Crippen molar-refractivity contribution >= 4 is 5.97 Å². The van der Waals surface area contributed by atoms with Crippen molar-refractivity contribution in [3.8, 4) is 11.5 Å². The summed E-state index contributed by atoms with van der Waals surface area (Å²) in [6.07, 6.45) is -1.31. The van der Waals surface area contributed by atoms with E-state index in [1.165, 1.54) is 14.2 Å². The van der Waals surface area contributed by atoms with Gasteiger partial charge in [0.1, 0.15) is 0 Å². The molecular weight excluding hydrogens is 224 g/mol. The number of esters is 1. The van der Waals surface area contributed by atoms with Crippen LogP contribution in [0.4, 0.5) is 0 Å². The normalized spacial score (nSPS) is 11.8. The summed E-state index contributed by atoms with van der Waals surface area (Å²) in [5.41, 5.74) is 0.404. The molecule has 1 N–H and O–H groups in total. The second-order valence-corrected chi connectivity index (χ2v) is 3.27. The Labute approximate surface area is 99.9 Å². The highest BCUT2D eigenvalue weighted by atomic mass is 16.5. The van der Waals surface area contributed by atoms with Gasteiger partial charge in [-0.25, -0.2) is 4.79 Å². The van der Waals surface area contributed by atoms with Gasteiger partial charge in [0, 0.05) is 0 Å². The van der Waals surface area contributed by atoms with Gasteiger partial charge in [-0.05, 0) is 24.6 Å². The molecule has 1 aromatic carbocycles. The molecule has 0 fully saturated rings. The van der Waals surface area contributed by atoms with E-state index in [-0.39, 0.29) is 6.61 Å². The summed E-state index contributed by atoms with van der Waals surface area (Å²) >= 11 is 0. The molecule has 0 aliphatic rings. The maximum atomic E-state index is 11.4. The van der Waals surface area contributed by atoms with Crippen LogP contribution in [-0.2, 0) is 9.53 Å². The predicted molar refractivity (Wildman–Crippen MR) is 61.1 cm³/mol. The van der Waals surface area contributed by atoms with Crippen LogP contribution < -0.4 is 9.47 Å². The first-order valence-electron chi connectivity index (χ1n) is 5.20. The minimum absolute atomic E-state index is 0.225. The molecule has 1 rings (SSSR count). The molecule has 5 nitrogen and oxygen atoms in total. The summed E-state index contributed by atoms with van der Waals surface area (Å²) in [6, 6.07) is 4.75. The maximum Gasteiger partial charge on any atom is 0.339 e. The van der Waals surface area contributed by atoms with Crippen LogP contribution >= 0.6 is 0 Å². The van der Waals surface area contributed by atoms with Crippen LogP contribution in [0.5, 0.6) is 11.5 Å². The third kappa shape index (κ3) is 3.10. The van der Waals surface area contributed by atoms with Gasteiger partial charge in [-0.3, -0.25) is 0 Å². The molecule has 0 aliphatic carbocycles. The molecule has 1 aromatic rings. The third-order valence-electron chi connectivity index (χ3n) is 2.23. The molecule has 5 heteroatoms. The molecule has 0 amide bonds. The Morgan fingerprint density at radius 1 is 1.29 bits per heavy atom. The number of aliphatic hydroxyl groups is 1. The second-order valence-electron chi connectivity index (χ2n) is 3.27. The van der Waals surface area contributed by atoms with Gasteiger partial charge in [0.15, 0.2) is 17.6 Å². The fraction of sp³-hybridized carbons (Fsp3) is 0.417. The van der Waals surface area contributed by atoms with E-state index in [0.717, 1.165) is 0 Å². The lowest BCUT2D eigenvalue weighted by Crippen LogP contribution is -2.15. The fourth-order valence-corrected chi connectivity index (χ4v) is 1.38. The molecule has 0 saturated heterocycles. The van der Waals surface area contributed by atoms with E-state index in [0.29, 0.717) is 17.1 Å². The highest BCUT2D eigenvalue weighted by Gasteiger charge is 2.20. The van der Waals surface area contributed by atoms with Crippen molar-refractivity contribution in [1.29, 1.82) is 0 Å². The summed E-state index contributed by atoms with van der Waals surface area (Å²) in [4.78, 5) is 11.4. The summed E-state index contributed by atoms with van der Waals surface area (Å²) < 4.78 is 14.9. The van der Waals surface area contributed by atoms with Gasteiger partial charge in [-0.15, -0.1) is 0 Å². The Bertz CT molecular complexity index is 388. The minimum atomic E-state index is -1.31. The topological polar surface area (TPSA) is 65.0 Å². The van der Waals surface area contributed by atoms with E-state index in [9.17, 15) is 9.90 Å². The number of rotatable bonds is 5. The van der Waals surface area contributed by atoms with Gasteiger partial charge in [-0.2, -0.15) is 0 Å². The predicted octanol–water partition coefficient (Wildman–Crippen LogP) is 1.30. The van der Waals surface area contributed by atoms with Gasteiger partial charge in [-0.1, -0.05) is 6.07 Å². The molecule has 1 unspecified atom stereocenters. The molecule has 0 spiro atoms. The lowest BCUT2D eigenvalue weighted by Gasteiger charge is -2.13. The number of ether oxygens (including phenoxy) is 3. The summed E-state index contributed by atoms with van der Waals surface area (Å²) in [5, 5.41) is 9.73. The van der Waals surface area contributed by atoms with E-state index in [4.69, 9.17) is 14.2 Å². The zero-order valence-electron chi connectivity index (χ0n) is 10.1. The van der Waals surface area contributed by atoms with Crippen LogP contribution in [0, 0.1) is 0 Å². The lowest BCUT2D eigenvalue weighted by molar-refractivity contribution is -0.153. The average molecular weight is 240 g/mol. The van der Waals surface area contributed by atoms with E-state index in [1.54, 1.807) is 25.1 Å². The van der Waals surface area contributed by atoms with Crippen molar-refractivity contribution in [2.75, 3.05) is 20.8 Å². The van der Waals surface area contributed by atoms with Gasteiger partial charge < -0.3 is 19.3 Å². The van der Waals surface area contributed by atoms with E-state index < -0.39 is 12.1 Å². The van der Waals surface area contributed by atoms with Crippen LogP contribution in [0.1, 0.15) is 18.6 Å². The minimum Gasteiger partial charge on any atom is -0.493 e. The van der Waals surface area contributed by atoms with Gasteiger partial charge >= 0.3 is 5.97 Å². The number of methoxy groups -OCH3 is 2. The number of aliphatic hydroxyl groups excluding tert-OH is 1. The number of benzene rings is 1. The van der Waals surface area contributed by atoms with E-state index in [2.05, 4.69) is 0 Å². The van der Waals surface area contributed by atoms with Crippen molar-refractivity contribution in [3.05, 3.63) is 23.8 Å². The molecule has 0 aliphatic heterocycles. The van der Waals surface area contributed by atoms with Crippen LogP contribution in [0.2, 0.25) is 0 Å². The molecular formula is C12H16O5. The zero-order valence-corrected chi connectivity index (χ0v) is 10.1. The Morgan fingerprint density at radius 3 is 2.47 bits per heavy atom.